The number of anilines is 2. The van der Waals surface area contributed by atoms with Crippen LogP contribution in [0.25, 0.3) is 22.2 Å². The van der Waals surface area contributed by atoms with Crippen LogP contribution in [0, 0.1) is 17.6 Å². The van der Waals surface area contributed by atoms with Gasteiger partial charge >= 0.3 is 6.09 Å². The molecule has 1 aromatic carbocycles. The van der Waals surface area contributed by atoms with Crippen molar-refractivity contribution in [1.29, 1.82) is 0 Å². The van der Waals surface area contributed by atoms with Gasteiger partial charge in [0.2, 0.25) is 16.0 Å². The van der Waals surface area contributed by atoms with Gasteiger partial charge in [0.05, 0.1) is 22.1 Å². The minimum Gasteiger partial charge on any atom is -0.444 e. The molecule has 2 fully saturated rings. The largest absolute Gasteiger partial charge is 0.444 e. The molecule has 14 heteroatoms. The molecule has 0 unspecified atom stereocenters. The second kappa shape index (κ2) is 12.9. The number of aromatic nitrogens is 3. The summed E-state index contributed by atoms with van der Waals surface area (Å²) in [6.45, 7) is 7.38. The zero-order chi connectivity index (χ0) is 32.5. The van der Waals surface area contributed by atoms with E-state index >= 15 is 8.78 Å². The second-order valence-electron chi connectivity index (χ2n) is 12.9. The monoisotopic (exact) mass is 646 g/mol. The van der Waals surface area contributed by atoms with Crippen LogP contribution in [0.1, 0.15) is 65.7 Å². The van der Waals surface area contributed by atoms with Crippen molar-refractivity contribution in [3.63, 3.8) is 0 Å². The van der Waals surface area contributed by atoms with Crippen LogP contribution < -0.4 is 15.6 Å². The molecular weight excluding hydrogens is 606 g/mol. The van der Waals surface area contributed by atoms with Gasteiger partial charge in [0.15, 0.2) is 5.82 Å². The minimum atomic E-state index is -3.88. The number of hydrogen-bond acceptors (Lipinski definition) is 8. The third-order valence-corrected chi connectivity index (χ3v) is 10.3. The number of nitrogens with zero attached hydrogens (tertiary/aromatic N) is 4. The number of aryl methyl sites for hydroxylation is 1. The smallest absolute Gasteiger partial charge is 0.410 e. The van der Waals surface area contributed by atoms with Gasteiger partial charge in [-0.2, -0.15) is 4.98 Å². The predicted octanol–water partition coefficient (Wildman–Crippen LogP) is 5.41. The first-order valence-electron chi connectivity index (χ1n) is 15.3. The zero-order valence-electron chi connectivity index (χ0n) is 26.0. The minimum absolute atomic E-state index is 0.269. The molecule has 1 saturated carbocycles. The van der Waals surface area contributed by atoms with Gasteiger partial charge in [-0.25, -0.2) is 27.0 Å². The van der Waals surface area contributed by atoms with Gasteiger partial charge in [0.1, 0.15) is 17.1 Å². The maximum Gasteiger partial charge on any atom is 0.410 e. The number of hydrogen-bond donors (Lipinski definition) is 2. The molecule has 11 nitrogen and oxygen atoms in total. The Morgan fingerprint density at radius 3 is 2.47 bits per heavy atom. The summed E-state index contributed by atoms with van der Waals surface area (Å²) in [4.78, 5) is 36.2. The number of nitrogens with one attached hydrogen (secondary N) is 2. The average Bonchev–Trinajstić information content (AvgIpc) is 3.53. The van der Waals surface area contributed by atoms with Gasteiger partial charge in [-0.15, -0.1) is 0 Å². The molecule has 2 aliphatic rings. The van der Waals surface area contributed by atoms with E-state index in [0.29, 0.717) is 49.7 Å². The van der Waals surface area contributed by atoms with Crippen molar-refractivity contribution in [2.75, 3.05) is 29.7 Å². The molecule has 0 radical (unpaired) electrons. The fourth-order valence-corrected chi connectivity index (χ4v) is 7.53. The number of piperidine rings is 1. The molecule has 3 heterocycles. The van der Waals surface area contributed by atoms with Crippen LogP contribution in [0.3, 0.4) is 0 Å². The topological polar surface area (TPSA) is 136 Å². The summed E-state index contributed by atoms with van der Waals surface area (Å²) in [5.41, 5.74) is -2.26. The lowest BCUT2D eigenvalue weighted by atomic mass is 9.94. The molecule has 2 N–H and O–H groups in total. The van der Waals surface area contributed by atoms with Crippen molar-refractivity contribution in [2.24, 2.45) is 13.0 Å². The van der Waals surface area contributed by atoms with E-state index in [0.717, 1.165) is 44.2 Å². The fourth-order valence-electron chi connectivity index (χ4n) is 5.94. The number of amides is 1. The number of ether oxygens (including phenoxy) is 1. The van der Waals surface area contributed by atoms with Gasteiger partial charge in [0, 0.05) is 38.3 Å². The van der Waals surface area contributed by atoms with Crippen LogP contribution in [0.15, 0.2) is 29.2 Å². The highest BCUT2D eigenvalue weighted by molar-refractivity contribution is 7.93. The Labute approximate surface area is 261 Å². The first-order valence-corrected chi connectivity index (χ1v) is 16.9. The number of pyridine rings is 1. The average molecular weight is 647 g/mol. The summed E-state index contributed by atoms with van der Waals surface area (Å²) in [5, 5.41) is 2.92. The number of rotatable bonds is 8. The summed E-state index contributed by atoms with van der Waals surface area (Å²) in [6, 6.07) is 3.29. The quantitative estimate of drug-likeness (QED) is 0.332. The maximum absolute atomic E-state index is 15.6. The Morgan fingerprint density at radius 2 is 1.80 bits per heavy atom. The summed E-state index contributed by atoms with van der Waals surface area (Å²) >= 11 is 0. The molecule has 1 aliphatic heterocycles. The Bertz CT molecular complexity index is 1740. The highest BCUT2D eigenvalue weighted by atomic mass is 32.2. The summed E-state index contributed by atoms with van der Waals surface area (Å²) in [5.74, 6) is -1.45. The van der Waals surface area contributed by atoms with Crippen LogP contribution in [0.4, 0.5) is 25.2 Å². The summed E-state index contributed by atoms with van der Waals surface area (Å²) < 4.78 is 65.1. The molecule has 3 aromatic rings. The third-order valence-electron chi connectivity index (χ3n) is 8.40. The van der Waals surface area contributed by atoms with Gasteiger partial charge in [-0.1, -0.05) is 12.8 Å². The third kappa shape index (κ3) is 7.37. The zero-order valence-corrected chi connectivity index (χ0v) is 26.8. The van der Waals surface area contributed by atoms with Crippen LogP contribution in [-0.2, 0) is 21.8 Å². The van der Waals surface area contributed by atoms with Crippen molar-refractivity contribution < 1.29 is 26.7 Å². The van der Waals surface area contributed by atoms with Crippen LogP contribution >= 0.6 is 0 Å². The molecule has 0 bridgehead atoms. The summed E-state index contributed by atoms with van der Waals surface area (Å²) in [7, 11) is -2.43. The SMILES string of the molecule is Cn1c(=O)c(-c2c(F)ccc(NS(=O)(=O)C3CCCC3)c2F)cc2cnc(NCCC3CCN(C(=O)OC(C)(C)C)CC3)nc21. The van der Waals surface area contributed by atoms with E-state index in [1.165, 1.54) is 23.9 Å². The van der Waals surface area contributed by atoms with Crippen molar-refractivity contribution in [3.05, 3.63) is 46.4 Å². The number of benzene rings is 1. The molecule has 1 aliphatic carbocycles. The van der Waals surface area contributed by atoms with Gasteiger partial charge in [-0.3, -0.25) is 14.1 Å². The van der Waals surface area contributed by atoms with Gasteiger partial charge < -0.3 is 15.0 Å². The van der Waals surface area contributed by atoms with Crippen molar-refractivity contribution in [2.45, 2.75) is 76.6 Å². The summed E-state index contributed by atoms with van der Waals surface area (Å²) in [6.07, 6.45) is 6.21. The van der Waals surface area contributed by atoms with Crippen LogP contribution in [0.5, 0.6) is 0 Å². The van der Waals surface area contributed by atoms with E-state index in [4.69, 9.17) is 4.74 Å². The standard InChI is InChI=1S/C31H40F2N6O5S/c1-31(2,3)44-30(41)39-15-12-19(13-16-39)11-14-34-29-35-18-20-17-22(28(40)38(4)27(20)36-29)25-23(32)9-10-24(26(25)33)37-45(42,43)21-7-5-6-8-21/h9-10,17-19,21,37H,5-8,11-16H2,1-4H3,(H,34,35,36). The van der Waals surface area contributed by atoms with Crippen LogP contribution in [0.2, 0.25) is 0 Å². The molecule has 1 saturated heterocycles. The highest BCUT2D eigenvalue weighted by Crippen LogP contribution is 2.33. The molecule has 244 valence electrons. The molecule has 5 rings (SSSR count). The fraction of sp³-hybridized carbons (Fsp3) is 0.548. The van der Waals surface area contributed by atoms with Crippen molar-refractivity contribution >= 4 is 38.8 Å². The van der Waals surface area contributed by atoms with E-state index in [1.54, 1.807) is 4.90 Å². The van der Waals surface area contributed by atoms with E-state index in [1.807, 2.05) is 20.8 Å². The number of fused-ring (bicyclic) bond motifs is 1. The molecule has 1 amide bonds. The molecule has 45 heavy (non-hydrogen) atoms. The number of carbonyl (C=O) groups excluding carboxylic acids is 1. The second-order valence-corrected chi connectivity index (χ2v) is 14.8. The van der Waals surface area contributed by atoms with E-state index in [2.05, 4.69) is 20.0 Å². The Balaban J connectivity index is 1.28. The molecule has 2 aromatic heterocycles. The Hall–Kier alpha value is -3.81. The lowest BCUT2D eigenvalue weighted by molar-refractivity contribution is 0.0182. The van der Waals surface area contributed by atoms with Crippen molar-refractivity contribution in [1.82, 2.24) is 19.4 Å². The molecule has 0 atom stereocenters. The molecular formula is C31H40F2N6O5S. The van der Waals surface area contributed by atoms with E-state index in [-0.39, 0.29) is 17.3 Å². The number of likely N-dealkylation sites (tertiary alicyclic amines) is 1. The number of halogens is 2. The predicted molar refractivity (Wildman–Crippen MR) is 169 cm³/mol. The normalized spacial score (nSPS) is 16.7. The Kier molecular flexibility index (Phi) is 9.33. The maximum atomic E-state index is 15.6. The van der Waals surface area contributed by atoms with Gasteiger partial charge in [0.25, 0.3) is 5.56 Å². The lowest BCUT2D eigenvalue weighted by Crippen LogP contribution is -2.41. The Morgan fingerprint density at radius 1 is 1.11 bits per heavy atom. The van der Waals surface area contributed by atoms with E-state index in [9.17, 15) is 18.0 Å². The number of carbonyl (C=O) groups is 1. The van der Waals surface area contributed by atoms with Crippen LogP contribution in [-0.4, -0.2) is 64.4 Å². The first-order chi connectivity index (χ1) is 21.2. The first kappa shape index (κ1) is 32.6. The highest BCUT2D eigenvalue weighted by Gasteiger charge is 2.31. The van der Waals surface area contributed by atoms with Crippen molar-refractivity contribution in [3.8, 4) is 11.1 Å². The number of sulfonamides is 1. The lowest BCUT2D eigenvalue weighted by Gasteiger charge is -2.33. The van der Waals surface area contributed by atoms with E-state index < -0.39 is 49.3 Å². The van der Waals surface area contributed by atoms with Gasteiger partial charge in [-0.05, 0) is 77.0 Å². The molecule has 0 spiro atoms.